The molecule has 0 bridgehead atoms. The van der Waals surface area contributed by atoms with E-state index >= 15 is 0 Å². The molecule has 1 heterocycles. The van der Waals surface area contributed by atoms with Crippen LogP contribution in [-0.4, -0.2) is 35.6 Å². The molecule has 1 aliphatic heterocycles. The Labute approximate surface area is 146 Å². The largest absolute Gasteiger partial charge is 0.481 e. The zero-order valence-corrected chi connectivity index (χ0v) is 14.8. The highest BCUT2D eigenvalue weighted by atomic mass is 16.4. The van der Waals surface area contributed by atoms with Crippen LogP contribution in [0, 0.1) is 11.3 Å². The van der Waals surface area contributed by atoms with Gasteiger partial charge >= 0.3 is 5.97 Å². The van der Waals surface area contributed by atoms with Gasteiger partial charge in [-0.15, -0.1) is 0 Å². The fourth-order valence-corrected chi connectivity index (χ4v) is 4.50. The highest BCUT2D eigenvalue weighted by Crippen LogP contribution is 2.37. The van der Waals surface area contributed by atoms with Crippen molar-refractivity contribution in [2.75, 3.05) is 19.6 Å². The van der Waals surface area contributed by atoms with Gasteiger partial charge in [0.15, 0.2) is 0 Å². The van der Waals surface area contributed by atoms with Crippen LogP contribution in [0.25, 0.3) is 0 Å². The van der Waals surface area contributed by atoms with Crippen LogP contribution in [0.3, 0.4) is 0 Å². The maximum Gasteiger partial charge on any atom is 0.309 e. The number of piperidine rings is 1. The standard InChI is InChI=1S/C21H31NO2/c23-20(24)21(12-11-18-7-3-1-4-8-18)13-15-22(16-14-21)17-19-9-5-2-6-10-19/h1,3-4,7-8,19H,2,5-6,9-17H2,(H,23,24). The van der Waals surface area contributed by atoms with Crippen molar-refractivity contribution >= 4 is 5.97 Å². The van der Waals surface area contributed by atoms with Crippen molar-refractivity contribution in [1.29, 1.82) is 0 Å². The summed E-state index contributed by atoms with van der Waals surface area (Å²) in [6.45, 7) is 3.10. The van der Waals surface area contributed by atoms with Gasteiger partial charge in [-0.2, -0.15) is 0 Å². The summed E-state index contributed by atoms with van der Waals surface area (Å²) in [5.74, 6) is 0.260. The van der Waals surface area contributed by atoms with Crippen molar-refractivity contribution in [3.05, 3.63) is 35.9 Å². The Hall–Kier alpha value is -1.35. The minimum Gasteiger partial charge on any atom is -0.481 e. The normalized spacial score (nSPS) is 22.3. The quantitative estimate of drug-likeness (QED) is 0.842. The Balaban J connectivity index is 1.52. The summed E-state index contributed by atoms with van der Waals surface area (Å²) in [6.07, 6.45) is 10.2. The zero-order valence-electron chi connectivity index (χ0n) is 14.8. The first-order chi connectivity index (χ1) is 11.7. The van der Waals surface area contributed by atoms with E-state index in [-0.39, 0.29) is 0 Å². The van der Waals surface area contributed by atoms with Crippen molar-refractivity contribution in [3.8, 4) is 0 Å². The van der Waals surface area contributed by atoms with Crippen LogP contribution in [0.4, 0.5) is 0 Å². The molecule has 1 aliphatic carbocycles. The van der Waals surface area contributed by atoms with Gasteiger partial charge in [0.25, 0.3) is 0 Å². The molecule has 1 N–H and O–H groups in total. The van der Waals surface area contributed by atoms with Crippen molar-refractivity contribution in [3.63, 3.8) is 0 Å². The molecule has 0 unspecified atom stereocenters. The highest BCUT2D eigenvalue weighted by Gasteiger charge is 2.41. The van der Waals surface area contributed by atoms with Crippen LogP contribution < -0.4 is 0 Å². The lowest BCUT2D eigenvalue weighted by atomic mass is 9.74. The van der Waals surface area contributed by atoms with E-state index in [2.05, 4.69) is 17.0 Å². The summed E-state index contributed by atoms with van der Waals surface area (Å²) in [6, 6.07) is 10.3. The van der Waals surface area contributed by atoms with E-state index in [1.54, 1.807) is 0 Å². The number of aliphatic carboxylic acids is 1. The second kappa shape index (κ2) is 8.15. The van der Waals surface area contributed by atoms with E-state index in [0.29, 0.717) is 0 Å². The maximum absolute atomic E-state index is 12.0. The number of hydrogen-bond donors (Lipinski definition) is 1. The van der Waals surface area contributed by atoms with Gasteiger partial charge in [-0.1, -0.05) is 49.6 Å². The van der Waals surface area contributed by atoms with Gasteiger partial charge in [0.1, 0.15) is 0 Å². The van der Waals surface area contributed by atoms with E-state index in [9.17, 15) is 9.90 Å². The third-order valence-electron chi connectivity index (χ3n) is 6.24. The minimum atomic E-state index is -0.587. The first kappa shape index (κ1) is 17.5. The SMILES string of the molecule is O=C(O)C1(CCc2ccccc2)CCN(CC2CCCCC2)CC1. The van der Waals surface area contributed by atoms with Crippen molar-refractivity contribution < 1.29 is 9.90 Å². The molecule has 0 aromatic heterocycles. The molecule has 3 nitrogen and oxygen atoms in total. The topological polar surface area (TPSA) is 40.5 Å². The third kappa shape index (κ3) is 4.38. The van der Waals surface area contributed by atoms with Gasteiger partial charge in [-0.05, 0) is 63.1 Å². The number of rotatable bonds is 6. The number of benzene rings is 1. The molecule has 1 saturated carbocycles. The van der Waals surface area contributed by atoms with E-state index in [1.807, 2.05) is 18.2 Å². The number of nitrogens with zero attached hydrogens (tertiary/aromatic N) is 1. The second-order valence-electron chi connectivity index (χ2n) is 7.88. The summed E-state index contributed by atoms with van der Waals surface area (Å²) in [4.78, 5) is 14.5. The molecule has 2 fully saturated rings. The molecular formula is C21H31NO2. The van der Waals surface area contributed by atoms with Gasteiger partial charge in [0.2, 0.25) is 0 Å². The average Bonchev–Trinajstić information content (AvgIpc) is 2.63. The lowest BCUT2D eigenvalue weighted by Crippen LogP contribution is -2.46. The Morgan fingerprint density at radius 2 is 1.75 bits per heavy atom. The summed E-state index contributed by atoms with van der Waals surface area (Å²) in [5, 5.41) is 9.86. The second-order valence-corrected chi connectivity index (χ2v) is 7.88. The molecule has 1 aromatic rings. The van der Waals surface area contributed by atoms with Crippen LogP contribution in [0.15, 0.2) is 30.3 Å². The summed E-state index contributed by atoms with van der Waals surface area (Å²) >= 11 is 0. The van der Waals surface area contributed by atoms with Gasteiger partial charge in [0, 0.05) is 6.54 Å². The molecule has 3 rings (SSSR count). The number of likely N-dealkylation sites (tertiary alicyclic amines) is 1. The van der Waals surface area contributed by atoms with Gasteiger partial charge < -0.3 is 10.0 Å². The van der Waals surface area contributed by atoms with Crippen LogP contribution >= 0.6 is 0 Å². The Kier molecular flexibility index (Phi) is 5.94. The van der Waals surface area contributed by atoms with E-state index in [4.69, 9.17) is 0 Å². The summed E-state index contributed by atoms with van der Waals surface area (Å²) in [7, 11) is 0. The summed E-state index contributed by atoms with van der Waals surface area (Å²) in [5.41, 5.74) is 0.738. The maximum atomic E-state index is 12.0. The average molecular weight is 329 g/mol. The fraction of sp³-hybridized carbons (Fsp3) is 0.667. The Bertz CT molecular complexity index is 514. The van der Waals surface area contributed by atoms with Crippen molar-refractivity contribution in [1.82, 2.24) is 4.90 Å². The van der Waals surface area contributed by atoms with E-state index in [0.717, 1.165) is 44.7 Å². The number of aryl methyl sites for hydroxylation is 1. The number of hydrogen-bond acceptors (Lipinski definition) is 2. The molecule has 1 saturated heterocycles. The minimum absolute atomic E-state index is 0.515. The molecule has 0 spiro atoms. The van der Waals surface area contributed by atoms with Crippen LogP contribution in [0.5, 0.6) is 0 Å². The monoisotopic (exact) mass is 329 g/mol. The fourth-order valence-electron chi connectivity index (χ4n) is 4.50. The summed E-state index contributed by atoms with van der Waals surface area (Å²) < 4.78 is 0. The van der Waals surface area contributed by atoms with Crippen molar-refractivity contribution in [2.24, 2.45) is 11.3 Å². The smallest absolute Gasteiger partial charge is 0.309 e. The van der Waals surface area contributed by atoms with E-state index in [1.165, 1.54) is 44.2 Å². The Morgan fingerprint density at radius 3 is 2.38 bits per heavy atom. The number of carboxylic acid groups (broad SMARTS) is 1. The van der Waals surface area contributed by atoms with Crippen LogP contribution in [0.1, 0.15) is 56.9 Å². The Morgan fingerprint density at radius 1 is 1.08 bits per heavy atom. The van der Waals surface area contributed by atoms with Gasteiger partial charge in [-0.3, -0.25) is 4.79 Å². The zero-order chi connectivity index (χ0) is 16.8. The molecule has 0 amide bonds. The van der Waals surface area contributed by atoms with Crippen LogP contribution in [-0.2, 0) is 11.2 Å². The molecule has 24 heavy (non-hydrogen) atoms. The molecule has 2 aliphatic rings. The molecular weight excluding hydrogens is 298 g/mol. The van der Waals surface area contributed by atoms with Crippen LogP contribution in [0.2, 0.25) is 0 Å². The third-order valence-corrected chi connectivity index (χ3v) is 6.24. The molecule has 0 radical (unpaired) electrons. The molecule has 0 atom stereocenters. The van der Waals surface area contributed by atoms with E-state index < -0.39 is 11.4 Å². The molecule has 132 valence electrons. The number of carboxylic acids is 1. The molecule has 3 heteroatoms. The van der Waals surface area contributed by atoms with Crippen molar-refractivity contribution in [2.45, 2.75) is 57.8 Å². The van der Waals surface area contributed by atoms with Gasteiger partial charge in [-0.25, -0.2) is 0 Å². The predicted molar refractivity (Wildman–Crippen MR) is 97.1 cm³/mol. The first-order valence-corrected chi connectivity index (χ1v) is 9.68. The molecule has 1 aromatic carbocycles. The highest BCUT2D eigenvalue weighted by molar-refractivity contribution is 5.74. The lowest BCUT2D eigenvalue weighted by molar-refractivity contribution is -0.152. The predicted octanol–water partition coefficient (Wildman–Crippen LogP) is 4.37. The van der Waals surface area contributed by atoms with Gasteiger partial charge in [0.05, 0.1) is 5.41 Å². The lowest BCUT2D eigenvalue weighted by Gasteiger charge is -2.40. The number of carbonyl (C=O) groups is 1. The first-order valence-electron chi connectivity index (χ1n) is 9.68.